The SMILES string of the molecule is COc1cc2c(cc1-c1cnn(C(C)C)c1)C1(CC1)N(C(C)C)n1cc(C)c(=O)cc1-2. The molecule has 0 radical (unpaired) electrons. The normalized spacial score (nSPS) is 16.1. The molecule has 1 aliphatic heterocycles. The Balaban J connectivity index is 1.79. The van der Waals surface area contributed by atoms with E-state index in [1.54, 1.807) is 13.2 Å². The van der Waals surface area contributed by atoms with Crippen molar-refractivity contribution in [3.05, 3.63) is 58.1 Å². The molecule has 3 aromatic rings. The number of methoxy groups -OCH3 is 1. The second-order valence-corrected chi connectivity index (χ2v) is 9.42. The van der Waals surface area contributed by atoms with Crippen molar-refractivity contribution in [2.45, 2.75) is 65.1 Å². The molecule has 2 aliphatic rings. The third-order valence-electron chi connectivity index (χ3n) is 6.66. The summed E-state index contributed by atoms with van der Waals surface area (Å²) in [6, 6.07) is 6.74. The zero-order valence-electron chi connectivity index (χ0n) is 19.1. The average Bonchev–Trinajstić information content (AvgIpc) is 3.33. The minimum absolute atomic E-state index is 0.0485. The summed E-state index contributed by atoms with van der Waals surface area (Å²) in [5, 5.41) is 6.99. The van der Waals surface area contributed by atoms with Crippen LogP contribution in [0.1, 0.15) is 57.7 Å². The number of pyridine rings is 1. The maximum absolute atomic E-state index is 12.6. The number of aryl methyl sites for hydroxylation is 1. The van der Waals surface area contributed by atoms with Gasteiger partial charge < -0.3 is 4.74 Å². The van der Waals surface area contributed by atoms with Crippen LogP contribution in [0, 0.1) is 6.92 Å². The van der Waals surface area contributed by atoms with E-state index in [9.17, 15) is 4.79 Å². The van der Waals surface area contributed by atoms with Crippen molar-refractivity contribution in [1.82, 2.24) is 14.5 Å². The summed E-state index contributed by atoms with van der Waals surface area (Å²) in [6.07, 6.45) is 8.18. The number of hydrogen-bond acceptors (Lipinski definition) is 4. The van der Waals surface area contributed by atoms with Gasteiger partial charge in [0.2, 0.25) is 0 Å². The maximum Gasteiger partial charge on any atom is 0.185 e. The van der Waals surface area contributed by atoms with Gasteiger partial charge in [-0.2, -0.15) is 5.10 Å². The summed E-state index contributed by atoms with van der Waals surface area (Å²) in [5.74, 6) is 0.801. The molecule has 3 heterocycles. The Kier molecular flexibility index (Phi) is 4.33. The highest BCUT2D eigenvalue weighted by atomic mass is 16.5. The van der Waals surface area contributed by atoms with Crippen molar-refractivity contribution in [1.29, 1.82) is 0 Å². The van der Waals surface area contributed by atoms with Crippen LogP contribution in [0.15, 0.2) is 41.6 Å². The molecule has 162 valence electrons. The largest absolute Gasteiger partial charge is 0.496 e. The second kappa shape index (κ2) is 6.74. The van der Waals surface area contributed by atoms with Gasteiger partial charge in [0.15, 0.2) is 5.43 Å². The Labute approximate surface area is 183 Å². The first-order chi connectivity index (χ1) is 14.8. The van der Waals surface area contributed by atoms with Crippen LogP contribution in [0.3, 0.4) is 0 Å². The van der Waals surface area contributed by atoms with Gasteiger partial charge in [0.1, 0.15) is 5.75 Å². The van der Waals surface area contributed by atoms with Gasteiger partial charge in [0.05, 0.1) is 24.5 Å². The van der Waals surface area contributed by atoms with E-state index in [4.69, 9.17) is 4.74 Å². The van der Waals surface area contributed by atoms with Crippen LogP contribution in [0.5, 0.6) is 5.75 Å². The van der Waals surface area contributed by atoms with Crippen molar-refractivity contribution in [3.63, 3.8) is 0 Å². The van der Waals surface area contributed by atoms with Gasteiger partial charge >= 0.3 is 0 Å². The van der Waals surface area contributed by atoms with Crippen molar-refractivity contribution in [3.8, 4) is 28.1 Å². The molecule has 6 heteroatoms. The molecule has 2 aromatic heterocycles. The summed E-state index contributed by atoms with van der Waals surface area (Å²) in [6.45, 7) is 10.6. The van der Waals surface area contributed by atoms with Crippen LogP contribution in [-0.4, -0.2) is 27.6 Å². The second-order valence-electron chi connectivity index (χ2n) is 9.42. The maximum atomic E-state index is 12.6. The van der Waals surface area contributed by atoms with Crippen LogP contribution in [-0.2, 0) is 5.54 Å². The van der Waals surface area contributed by atoms with E-state index in [0.29, 0.717) is 12.1 Å². The Morgan fingerprint density at radius 3 is 2.35 bits per heavy atom. The third kappa shape index (κ3) is 2.84. The molecule has 5 rings (SSSR count). The molecule has 0 atom stereocenters. The molecular formula is C25H30N4O2. The first-order valence-electron chi connectivity index (χ1n) is 11.1. The zero-order chi connectivity index (χ0) is 22.1. The van der Waals surface area contributed by atoms with Gasteiger partial charge in [-0.25, -0.2) is 0 Å². The van der Waals surface area contributed by atoms with Crippen molar-refractivity contribution in [2.75, 3.05) is 12.1 Å². The molecule has 0 unspecified atom stereocenters. The number of nitrogens with zero attached hydrogens (tertiary/aromatic N) is 4. The topological polar surface area (TPSA) is 52.3 Å². The lowest BCUT2D eigenvalue weighted by Gasteiger charge is -2.45. The number of benzene rings is 1. The average molecular weight is 419 g/mol. The smallest absolute Gasteiger partial charge is 0.185 e. The highest BCUT2D eigenvalue weighted by Crippen LogP contribution is 2.57. The lowest BCUT2D eigenvalue weighted by Crippen LogP contribution is -2.52. The Morgan fingerprint density at radius 1 is 1.03 bits per heavy atom. The molecule has 0 amide bonds. The zero-order valence-corrected chi connectivity index (χ0v) is 19.1. The molecule has 6 nitrogen and oxygen atoms in total. The third-order valence-corrected chi connectivity index (χ3v) is 6.66. The van der Waals surface area contributed by atoms with Gasteiger partial charge in [-0.3, -0.25) is 19.2 Å². The van der Waals surface area contributed by atoms with E-state index >= 15 is 0 Å². The van der Waals surface area contributed by atoms with Crippen molar-refractivity contribution in [2.24, 2.45) is 0 Å². The predicted molar refractivity (Wildman–Crippen MR) is 123 cm³/mol. The summed E-state index contributed by atoms with van der Waals surface area (Å²) in [4.78, 5) is 12.6. The van der Waals surface area contributed by atoms with E-state index in [2.05, 4.69) is 60.8 Å². The quantitative estimate of drug-likeness (QED) is 0.620. The van der Waals surface area contributed by atoms with E-state index in [0.717, 1.165) is 46.5 Å². The monoisotopic (exact) mass is 418 g/mol. The van der Waals surface area contributed by atoms with E-state index < -0.39 is 0 Å². The summed E-state index contributed by atoms with van der Waals surface area (Å²) in [5.41, 5.74) is 6.17. The summed E-state index contributed by atoms with van der Waals surface area (Å²) >= 11 is 0. The molecule has 1 aromatic carbocycles. The molecule has 0 N–H and O–H groups in total. The lowest BCUT2D eigenvalue weighted by atomic mass is 9.88. The van der Waals surface area contributed by atoms with E-state index in [1.807, 2.05) is 24.0 Å². The molecule has 0 bridgehead atoms. The van der Waals surface area contributed by atoms with Crippen molar-refractivity contribution < 1.29 is 4.74 Å². The van der Waals surface area contributed by atoms with Gasteiger partial charge in [-0.15, -0.1) is 0 Å². The minimum Gasteiger partial charge on any atom is -0.496 e. The van der Waals surface area contributed by atoms with Gasteiger partial charge in [-0.05, 0) is 65.2 Å². The van der Waals surface area contributed by atoms with E-state index in [1.165, 1.54) is 5.56 Å². The number of hydrogen-bond donors (Lipinski definition) is 0. The Hall–Kier alpha value is -3.02. The number of rotatable bonds is 4. The fourth-order valence-electron chi connectivity index (χ4n) is 5.02. The molecule has 1 spiro atoms. The van der Waals surface area contributed by atoms with Gasteiger partial charge in [-0.1, -0.05) is 0 Å². The lowest BCUT2D eigenvalue weighted by molar-refractivity contribution is 0.404. The molecule has 1 fully saturated rings. The fourth-order valence-corrected chi connectivity index (χ4v) is 5.02. The fraction of sp³-hybridized carbons (Fsp3) is 0.440. The van der Waals surface area contributed by atoms with Crippen LogP contribution < -0.4 is 15.2 Å². The highest BCUT2D eigenvalue weighted by molar-refractivity contribution is 5.81. The van der Waals surface area contributed by atoms with Gasteiger partial charge in [0.25, 0.3) is 0 Å². The summed E-state index contributed by atoms with van der Waals surface area (Å²) < 4.78 is 10.0. The predicted octanol–water partition coefficient (Wildman–Crippen LogP) is 4.63. The summed E-state index contributed by atoms with van der Waals surface area (Å²) in [7, 11) is 1.70. The first kappa shape index (κ1) is 19.9. The number of ether oxygens (including phenoxy) is 1. The molecule has 0 saturated heterocycles. The number of fused-ring (bicyclic) bond motifs is 4. The first-order valence-corrected chi connectivity index (χ1v) is 11.1. The van der Waals surface area contributed by atoms with Crippen LogP contribution in [0.4, 0.5) is 0 Å². The molecular weight excluding hydrogens is 388 g/mol. The van der Waals surface area contributed by atoms with Crippen LogP contribution in [0.25, 0.3) is 22.4 Å². The van der Waals surface area contributed by atoms with Crippen LogP contribution in [0.2, 0.25) is 0 Å². The van der Waals surface area contributed by atoms with Crippen LogP contribution >= 0.6 is 0 Å². The molecule has 31 heavy (non-hydrogen) atoms. The number of aromatic nitrogens is 3. The minimum atomic E-state index is -0.0485. The Morgan fingerprint density at radius 2 is 1.77 bits per heavy atom. The highest BCUT2D eigenvalue weighted by Gasteiger charge is 2.55. The van der Waals surface area contributed by atoms with E-state index in [-0.39, 0.29) is 11.0 Å². The van der Waals surface area contributed by atoms with Gasteiger partial charge in [0, 0.05) is 52.8 Å². The van der Waals surface area contributed by atoms with Crippen molar-refractivity contribution >= 4 is 0 Å². The standard InChI is InChI=1S/C25H30N4O2/c1-15(2)27-14-18(12-26-27)19-9-21-20(10-24(19)31-6)22-11-23(30)17(5)13-28(22)29(16(3)4)25(21)7-8-25/h9-16H,7-8H2,1-6H3. The molecule has 1 aliphatic carbocycles. The Bertz CT molecular complexity index is 1230. The molecule has 1 saturated carbocycles.